The predicted octanol–water partition coefficient (Wildman–Crippen LogP) is 2.25. The molecule has 2 aliphatic rings. The van der Waals surface area contributed by atoms with E-state index in [9.17, 15) is 4.79 Å². The molecule has 1 amide bonds. The number of thiazole rings is 1. The van der Waals surface area contributed by atoms with Gasteiger partial charge in [0.25, 0.3) is 0 Å². The second-order valence-corrected chi connectivity index (χ2v) is 8.33. The van der Waals surface area contributed by atoms with Crippen LogP contribution >= 0.6 is 11.3 Å². The van der Waals surface area contributed by atoms with Gasteiger partial charge in [-0.3, -0.25) is 15.6 Å². The van der Waals surface area contributed by atoms with E-state index in [1.165, 1.54) is 5.56 Å². The average Bonchev–Trinajstić information content (AvgIpc) is 3.41. The van der Waals surface area contributed by atoms with E-state index in [2.05, 4.69) is 32.9 Å². The molecule has 0 spiro atoms. The van der Waals surface area contributed by atoms with Crippen molar-refractivity contribution >= 4 is 17.2 Å². The molecule has 0 aliphatic carbocycles. The smallest absolute Gasteiger partial charge is 0.228 e. The van der Waals surface area contributed by atoms with Gasteiger partial charge >= 0.3 is 0 Å². The molecule has 0 saturated carbocycles. The van der Waals surface area contributed by atoms with Gasteiger partial charge in [0.15, 0.2) is 0 Å². The summed E-state index contributed by atoms with van der Waals surface area (Å²) in [5.74, 6) is 1.36. The number of likely N-dealkylation sites (tertiary alicyclic amines) is 1. The zero-order valence-electron chi connectivity index (χ0n) is 15.8. The van der Waals surface area contributed by atoms with Crippen LogP contribution in [0, 0.1) is 6.92 Å². The summed E-state index contributed by atoms with van der Waals surface area (Å²) >= 11 is 1.60. The number of ether oxygens (including phenoxy) is 1. The summed E-state index contributed by atoms with van der Waals surface area (Å²) in [7, 11) is 1.69. The molecule has 2 aromatic rings. The summed E-state index contributed by atoms with van der Waals surface area (Å²) in [5, 5.41) is 3.00. The topological polar surface area (TPSA) is 66.5 Å². The highest BCUT2D eigenvalue weighted by Gasteiger charge is 2.41. The van der Waals surface area contributed by atoms with Gasteiger partial charge in [-0.2, -0.15) is 0 Å². The predicted molar refractivity (Wildman–Crippen MR) is 106 cm³/mol. The van der Waals surface area contributed by atoms with Crippen LogP contribution in [0.15, 0.2) is 29.6 Å². The highest BCUT2D eigenvalue weighted by atomic mass is 32.1. The largest absolute Gasteiger partial charge is 0.497 e. The summed E-state index contributed by atoms with van der Waals surface area (Å²) < 4.78 is 5.39. The highest BCUT2D eigenvalue weighted by molar-refractivity contribution is 7.09. The van der Waals surface area contributed by atoms with Crippen LogP contribution in [0.5, 0.6) is 5.75 Å². The minimum Gasteiger partial charge on any atom is -0.497 e. The van der Waals surface area contributed by atoms with Crippen molar-refractivity contribution in [2.45, 2.75) is 44.2 Å². The number of hydrazine groups is 1. The molecular formula is C20H26N4O2S. The molecule has 3 heterocycles. The van der Waals surface area contributed by atoms with Crippen LogP contribution in [0.3, 0.4) is 0 Å². The summed E-state index contributed by atoms with van der Waals surface area (Å²) in [6.07, 6.45) is 2.47. The summed E-state index contributed by atoms with van der Waals surface area (Å²) in [4.78, 5) is 19.5. The number of amides is 1. The molecule has 2 aliphatic heterocycles. The first kappa shape index (κ1) is 18.4. The van der Waals surface area contributed by atoms with Gasteiger partial charge < -0.3 is 9.64 Å². The van der Waals surface area contributed by atoms with Crippen molar-refractivity contribution < 1.29 is 9.53 Å². The van der Waals surface area contributed by atoms with Crippen LogP contribution in [0.2, 0.25) is 0 Å². The van der Waals surface area contributed by atoms with Crippen molar-refractivity contribution in [2.75, 3.05) is 20.2 Å². The van der Waals surface area contributed by atoms with E-state index >= 15 is 0 Å². The minimum absolute atomic E-state index is 0.181. The molecule has 6 nitrogen and oxygen atoms in total. The van der Waals surface area contributed by atoms with Crippen molar-refractivity contribution in [2.24, 2.45) is 0 Å². The van der Waals surface area contributed by atoms with Crippen LogP contribution < -0.4 is 15.6 Å². The Bertz CT molecular complexity index is 809. The third kappa shape index (κ3) is 3.85. The van der Waals surface area contributed by atoms with Crippen LogP contribution in [0.4, 0.5) is 0 Å². The Kier molecular flexibility index (Phi) is 5.43. The Labute approximate surface area is 163 Å². The van der Waals surface area contributed by atoms with Crippen molar-refractivity contribution in [1.82, 2.24) is 20.7 Å². The second kappa shape index (κ2) is 7.96. The van der Waals surface area contributed by atoms with Gasteiger partial charge in [0.1, 0.15) is 5.75 Å². The molecule has 2 fully saturated rings. The number of hydrogen-bond acceptors (Lipinski definition) is 6. The fourth-order valence-corrected chi connectivity index (χ4v) is 4.91. The van der Waals surface area contributed by atoms with E-state index in [4.69, 9.17) is 4.74 Å². The minimum atomic E-state index is 0.181. The average molecular weight is 387 g/mol. The molecule has 4 rings (SSSR count). The fraction of sp³-hybridized carbons (Fsp3) is 0.500. The van der Waals surface area contributed by atoms with Gasteiger partial charge in [-0.1, -0.05) is 12.1 Å². The third-order valence-electron chi connectivity index (χ3n) is 5.58. The first-order valence-electron chi connectivity index (χ1n) is 9.48. The maximum Gasteiger partial charge on any atom is 0.228 e. The molecule has 144 valence electrons. The Morgan fingerprint density at radius 3 is 3.11 bits per heavy atom. The van der Waals surface area contributed by atoms with Crippen LogP contribution in [-0.2, 0) is 11.2 Å². The zero-order valence-corrected chi connectivity index (χ0v) is 16.6. The number of nitrogens with one attached hydrogen (secondary N) is 2. The second-order valence-electron chi connectivity index (χ2n) is 7.27. The molecule has 1 aromatic carbocycles. The van der Waals surface area contributed by atoms with Crippen LogP contribution in [0.25, 0.3) is 0 Å². The number of carbonyl (C=O) groups excluding carboxylic acids is 1. The number of methoxy groups -OCH3 is 1. The van der Waals surface area contributed by atoms with Gasteiger partial charge in [0.2, 0.25) is 5.91 Å². The Hall–Kier alpha value is -1.96. The number of carbonyl (C=O) groups is 1. The monoisotopic (exact) mass is 386 g/mol. The number of nitrogens with zero attached hydrogens (tertiary/aromatic N) is 2. The quantitative estimate of drug-likeness (QED) is 0.825. The summed E-state index contributed by atoms with van der Waals surface area (Å²) in [5.41, 5.74) is 8.87. The molecule has 2 saturated heterocycles. The van der Waals surface area contributed by atoms with E-state index in [1.54, 1.807) is 18.4 Å². The number of aryl methyl sites for hydroxylation is 1. The molecular weight excluding hydrogens is 360 g/mol. The van der Waals surface area contributed by atoms with Crippen molar-refractivity contribution in [3.63, 3.8) is 0 Å². The number of hydrogen-bond donors (Lipinski definition) is 2. The molecule has 0 bridgehead atoms. The molecule has 27 heavy (non-hydrogen) atoms. The van der Waals surface area contributed by atoms with Gasteiger partial charge in [-0.25, -0.2) is 4.98 Å². The first-order valence-corrected chi connectivity index (χ1v) is 10.4. The van der Waals surface area contributed by atoms with Crippen LogP contribution in [0.1, 0.15) is 35.0 Å². The van der Waals surface area contributed by atoms with E-state index in [0.29, 0.717) is 12.3 Å². The van der Waals surface area contributed by atoms with Crippen molar-refractivity contribution in [3.05, 3.63) is 45.9 Å². The van der Waals surface area contributed by atoms with Gasteiger partial charge in [-0.05, 0) is 37.5 Å². The Morgan fingerprint density at radius 2 is 2.33 bits per heavy atom. The normalized spacial score (nSPS) is 25.1. The van der Waals surface area contributed by atoms with Crippen molar-refractivity contribution in [3.8, 4) is 5.75 Å². The molecule has 1 aromatic heterocycles. The maximum atomic E-state index is 13.0. The van der Waals surface area contributed by atoms with E-state index < -0.39 is 0 Å². The van der Waals surface area contributed by atoms with E-state index in [-0.39, 0.29) is 18.0 Å². The molecule has 3 atom stereocenters. The van der Waals surface area contributed by atoms with E-state index in [0.717, 1.165) is 42.4 Å². The SMILES string of the molecule is COc1cccc(C2CNNC2C2CCCN2C(=O)Cc2csc(C)n2)c1. The van der Waals surface area contributed by atoms with E-state index in [1.807, 2.05) is 24.4 Å². The Balaban J connectivity index is 1.50. The number of aromatic nitrogens is 1. The lowest BCUT2D eigenvalue weighted by Gasteiger charge is -2.32. The molecule has 3 unspecified atom stereocenters. The lowest BCUT2D eigenvalue weighted by molar-refractivity contribution is -0.131. The van der Waals surface area contributed by atoms with Gasteiger partial charge in [-0.15, -0.1) is 11.3 Å². The summed E-state index contributed by atoms with van der Waals surface area (Å²) in [6.45, 7) is 3.65. The number of rotatable bonds is 5. The Morgan fingerprint density at radius 1 is 1.44 bits per heavy atom. The lowest BCUT2D eigenvalue weighted by atomic mass is 9.87. The summed E-state index contributed by atoms with van der Waals surface area (Å²) in [6, 6.07) is 8.64. The lowest BCUT2D eigenvalue weighted by Crippen LogP contribution is -2.50. The van der Waals surface area contributed by atoms with Crippen molar-refractivity contribution in [1.29, 1.82) is 0 Å². The highest BCUT2D eigenvalue weighted by Crippen LogP contribution is 2.33. The standard InChI is InChI=1S/C20H26N4O2S/c1-13-22-15(12-27-13)10-19(25)24-8-4-7-18(24)20-17(11-21-23-20)14-5-3-6-16(9-14)26-2/h3,5-6,9,12,17-18,20-21,23H,4,7-8,10-11H2,1-2H3. The third-order valence-corrected chi connectivity index (χ3v) is 6.40. The van der Waals surface area contributed by atoms with Gasteiger partial charge in [0.05, 0.1) is 24.2 Å². The first-order chi connectivity index (χ1) is 13.2. The van der Waals surface area contributed by atoms with Crippen LogP contribution in [-0.4, -0.2) is 48.1 Å². The number of benzene rings is 1. The maximum absolute atomic E-state index is 13.0. The molecule has 7 heteroatoms. The molecule has 2 N–H and O–H groups in total. The molecule has 0 radical (unpaired) electrons. The van der Waals surface area contributed by atoms with Gasteiger partial charge in [0, 0.05) is 36.5 Å². The fourth-order valence-electron chi connectivity index (χ4n) is 4.30. The zero-order chi connectivity index (χ0) is 18.8.